The average Bonchev–Trinajstić information content (AvgIpc) is 2.22. The fraction of sp³-hybridized carbons (Fsp3) is 1.00. The zero-order valence-corrected chi connectivity index (χ0v) is 11.2. The van der Waals surface area contributed by atoms with Crippen molar-refractivity contribution in [3.05, 3.63) is 0 Å². The summed E-state index contributed by atoms with van der Waals surface area (Å²) in [7, 11) is 2.24. The molecule has 0 atom stereocenters. The summed E-state index contributed by atoms with van der Waals surface area (Å²) in [5, 5.41) is 0. The van der Waals surface area contributed by atoms with E-state index in [-0.39, 0.29) is 0 Å². The molecule has 0 N–H and O–H groups in total. The molecule has 1 heteroatoms. The molecular weight excluding hydrogens is 182 g/mol. The molecule has 92 valence electrons. The van der Waals surface area contributed by atoms with Crippen LogP contribution in [-0.4, -0.2) is 25.0 Å². The van der Waals surface area contributed by atoms with Crippen molar-refractivity contribution in [3.63, 3.8) is 0 Å². The Labute approximate surface area is 97.2 Å². The van der Waals surface area contributed by atoms with Gasteiger partial charge in [-0.1, -0.05) is 58.8 Å². The highest BCUT2D eigenvalue weighted by Gasteiger charge is 1.96. The van der Waals surface area contributed by atoms with Crippen molar-refractivity contribution < 1.29 is 0 Å². The number of nitrogens with zero attached hydrogens (tertiary/aromatic N) is 1. The maximum Gasteiger partial charge on any atom is -0.00218 e. The minimum absolute atomic E-state index is 1.26. The van der Waals surface area contributed by atoms with Gasteiger partial charge in [-0.25, -0.2) is 0 Å². The van der Waals surface area contributed by atoms with E-state index in [9.17, 15) is 0 Å². The van der Waals surface area contributed by atoms with E-state index in [0.717, 1.165) is 0 Å². The fourth-order valence-corrected chi connectivity index (χ4v) is 2.01. The summed E-state index contributed by atoms with van der Waals surface area (Å²) >= 11 is 0. The summed E-state index contributed by atoms with van der Waals surface area (Å²) in [6, 6.07) is 0. The Balaban J connectivity index is 2.98. The topological polar surface area (TPSA) is 3.24 Å². The number of hydrogen-bond donors (Lipinski definition) is 0. The molecule has 0 aliphatic carbocycles. The van der Waals surface area contributed by atoms with Crippen LogP contribution in [0.25, 0.3) is 0 Å². The van der Waals surface area contributed by atoms with Gasteiger partial charge >= 0.3 is 0 Å². The first-order valence-corrected chi connectivity index (χ1v) is 6.99. The highest BCUT2D eigenvalue weighted by molar-refractivity contribution is 4.51. The van der Waals surface area contributed by atoms with E-state index >= 15 is 0 Å². The van der Waals surface area contributed by atoms with E-state index in [1.165, 1.54) is 70.9 Å². The van der Waals surface area contributed by atoms with E-state index in [0.29, 0.717) is 0 Å². The van der Waals surface area contributed by atoms with Gasteiger partial charge in [0.25, 0.3) is 0 Å². The van der Waals surface area contributed by atoms with Crippen LogP contribution in [0.3, 0.4) is 0 Å². The van der Waals surface area contributed by atoms with Crippen LogP contribution in [0.1, 0.15) is 71.6 Å². The summed E-state index contributed by atoms with van der Waals surface area (Å²) in [4.78, 5) is 2.46. The van der Waals surface area contributed by atoms with Crippen molar-refractivity contribution in [3.8, 4) is 0 Å². The first kappa shape index (κ1) is 15.0. The molecule has 0 unspecified atom stereocenters. The van der Waals surface area contributed by atoms with E-state index in [2.05, 4.69) is 25.8 Å². The van der Waals surface area contributed by atoms with Gasteiger partial charge in [-0.15, -0.1) is 0 Å². The molecule has 0 rings (SSSR count). The summed E-state index contributed by atoms with van der Waals surface area (Å²) in [5.41, 5.74) is 0. The summed E-state index contributed by atoms with van der Waals surface area (Å²) in [6.45, 7) is 7.09. The van der Waals surface area contributed by atoms with Gasteiger partial charge in [0.15, 0.2) is 0 Å². The Morgan fingerprint density at radius 1 is 0.600 bits per heavy atom. The minimum atomic E-state index is 1.26. The average molecular weight is 213 g/mol. The third-order valence-corrected chi connectivity index (χ3v) is 3.00. The number of hydrogen-bond acceptors (Lipinski definition) is 1. The van der Waals surface area contributed by atoms with Gasteiger partial charge in [-0.3, -0.25) is 0 Å². The quantitative estimate of drug-likeness (QED) is 0.458. The van der Waals surface area contributed by atoms with Gasteiger partial charge in [0, 0.05) is 0 Å². The summed E-state index contributed by atoms with van der Waals surface area (Å²) < 4.78 is 0. The smallest absolute Gasteiger partial charge is 0.00218 e. The van der Waals surface area contributed by atoms with Crippen molar-refractivity contribution in [2.24, 2.45) is 0 Å². The molecule has 0 spiro atoms. The normalized spacial score (nSPS) is 11.2. The molecular formula is C14H31N. The van der Waals surface area contributed by atoms with E-state index in [1.54, 1.807) is 0 Å². The molecule has 0 radical (unpaired) electrons. The maximum atomic E-state index is 2.46. The van der Waals surface area contributed by atoms with Gasteiger partial charge in [0.2, 0.25) is 0 Å². The van der Waals surface area contributed by atoms with Gasteiger partial charge < -0.3 is 4.90 Å². The second kappa shape index (κ2) is 12.0. The molecule has 0 bridgehead atoms. The Bertz CT molecular complexity index is 112. The number of rotatable bonds is 11. The fourth-order valence-electron chi connectivity index (χ4n) is 2.01. The van der Waals surface area contributed by atoms with Crippen LogP contribution in [0, 0.1) is 0 Å². The molecule has 15 heavy (non-hydrogen) atoms. The molecule has 0 heterocycles. The molecule has 1 nitrogen and oxygen atoms in total. The zero-order valence-electron chi connectivity index (χ0n) is 11.2. The molecule has 0 aliphatic heterocycles. The van der Waals surface area contributed by atoms with E-state index in [4.69, 9.17) is 0 Å². The predicted molar refractivity (Wildman–Crippen MR) is 70.4 cm³/mol. The third kappa shape index (κ3) is 11.9. The van der Waals surface area contributed by atoms with Crippen LogP contribution in [0.5, 0.6) is 0 Å². The SMILES string of the molecule is CCCCCCCCCCN(C)CCC. The molecule has 0 fully saturated rings. The lowest BCUT2D eigenvalue weighted by molar-refractivity contribution is 0.324. The molecule has 0 saturated heterocycles. The molecule has 0 amide bonds. The lowest BCUT2D eigenvalue weighted by Crippen LogP contribution is -2.20. The van der Waals surface area contributed by atoms with Crippen LogP contribution in [-0.2, 0) is 0 Å². The van der Waals surface area contributed by atoms with Crippen molar-refractivity contribution in [1.82, 2.24) is 4.90 Å². The summed E-state index contributed by atoms with van der Waals surface area (Å²) in [5.74, 6) is 0. The zero-order chi connectivity index (χ0) is 11.4. The van der Waals surface area contributed by atoms with Gasteiger partial charge in [-0.2, -0.15) is 0 Å². The Kier molecular flexibility index (Phi) is 12.0. The maximum absolute atomic E-state index is 2.46. The minimum Gasteiger partial charge on any atom is -0.306 e. The van der Waals surface area contributed by atoms with Gasteiger partial charge in [0.1, 0.15) is 0 Å². The largest absolute Gasteiger partial charge is 0.306 e. The monoisotopic (exact) mass is 213 g/mol. The molecule has 0 aromatic rings. The molecule has 0 aliphatic rings. The van der Waals surface area contributed by atoms with E-state index in [1.807, 2.05) is 0 Å². The van der Waals surface area contributed by atoms with Crippen molar-refractivity contribution in [1.29, 1.82) is 0 Å². The number of unbranched alkanes of at least 4 members (excludes halogenated alkanes) is 7. The highest BCUT2D eigenvalue weighted by Crippen LogP contribution is 2.08. The van der Waals surface area contributed by atoms with Crippen LogP contribution < -0.4 is 0 Å². The second-order valence-electron chi connectivity index (χ2n) is 4.78. The first-order valence-electron chi connectivity index (χ1n) is 6.99. The van der Waals surface area contributed by atoms with Crippen LogP contribution >= 0.6 is 0 Å². The van der Waals surface area contributed by atoms with Crippen molar-refractivity contribution in [2.75, 3.05) is 20.1 Å². The van der Waals surface area contributed by atoms with Gasteiger partial charge in [-0.05, 0) is 33.0 Å². The lowest BCUT2D eigenvalue weighted by atomic mass is 10.1. The van der Waals surface area contributed by atoms with Gasteiger partial charge in [0.05, 0.1) is 0 Å². The van der Waals surface area contributed by atoms with Crippen LogP contribution in [0.15, 0.2) is 0 Å². The predicted octanol–water partition coefficient (Wildman–Crippen LogP) is 4.47. The molecule has 0 aromatic carbocycles. The lowest BCUT2D eigenvalue weighted by Gasteiger charge is -2.14. The van der Waals surface area contributed by atoms with Crippen molar-refractivity contribution >= 4 is 0 Å². The highest BCUT2D eigenvalue weighted by atomic mass is 15.1. The third-order valence-electron chi connectivity index (χ3n) is 3.00. The van der Waals surface area contributed by atoms with Crippen molar-refractivity contribution in [2.45, 2.75) is 71.6 Å². The molecule has 0 aromatic heterocycles. The summed E-state index contributed by atoms with van der Waals surface area (Å²) in [6.07, 6.45) is 12.7. The standard InChI is InChI=1S/C14H31N/c1-4-6-7-8-9-10-11-12-14-15(3)13-5-2/h4-14H2,1-3H3. The Hall–Kier alpha value is -0.0400. The second-order valence-corrected chi connectivity index (χ2v) is 4.78. The Morgan fingerprint density at radius 2 is 1.13 bits per heavy atom. The van der Waals surface area contributed by atoms with E-state index < -0.39 is 0 Å². The molecule has 0 saturated carbocycles. The Morgan fingerprint density at radius 3 is 1.67 bits per heavy atom. The first-order chi connectivity index (χ1) is 7.31. The van der Waals surface area contributed by atoms with Crippen LogP contribution in [0.4, 0.5) is 0 Å². The van der Waals surface area contributed by atoms with Crippen LogP contribution in [0.2, 0.25) is 0 Å².